The summed E-state index contributed by atoms with van der Waals surface area (Å²) >= 11 is 0. The van der Waals surface area contributed by atoms with Crippen LogP contribution < -0.4 is 24.8 Å². The van der Waals surface area contributed by atoms with Gasteiger partial charge in [0.1, 0.15) is 41.3 Å². The number of hydrogen-bond acceptors (Lipinski definition) is 11. The van der Waals surface area contributed by atoms with Gasteiger partial charge in [0.05, 0.1) is 28.2 Å². The van der Waals surface area contributed by atoms with E-state index in [2.05, 4.69) is 15.6 Å². The van der Waals surface area contributed by atoms with Crippen LogP contribution in [0.25, 0.3) is 11.0 Å². The number of carbonyl (C=O) groups is 4. The Labute approximate surface area is 336 Å². The number of alkyl carbamates (subject to hydrolysis) is 1. The summed E-state index contributed by atoms with van der Waals surface area (Å²) in [4.78, 5) is 65.6. The second-order valence-corrected chi connectivity index (χ2v) is 18.8. The zero-order chi connectivity index (χ0) is 42.7. The molecule has 15 nitrogen and oxygen atoms in total. The van der Waals surface area contributed by atoms with E-state index >= 15 is 0 Å². The summed E-state index contributed by atoms with van der Waals surface area (Å²) in [6.07, 6.45) is -5.75. The summed E-state index contributed by atoms with van der Waals surface area (Å²) in [6.45, 7) is 2.65. The number of nitrogens with one attached hydrogen (secondary N) is 3. The van der Waals surface area contributed by atoms with Crippen molar-refractivity contribution in [1.82, 2.24) is 30.2 Å². The highest BCUT2D eigenvalue weighted by molar-refractivity contribution is 7.91. The Balaban J connectivity index is 1.22. The van der Waals surface area contributed by atoms with E-state index in [1.807, 2.05) is 4.72 Å². The van der Waals surface area contributed by atoms with E-state index in [4.69, 9.17) is 19.2 Å². The number of fused-ring (bicyclic) bond motifs is 5. The fourth-order valence-corrected chi connectivity index (χ4v) is 9.40. The lowest BCUT2D eigenvalue weighted by molar-refractivity contribution is -0.153. The molecule has 59 heavy (non-hydrogen) atoms. The van der Waals surface area contributed by atoms with Crippen molar-refractivity contribution in [3.05, 3.63) is 23.9 Å². The molecule has 21 heteroatoms. The fraction of sp³-hybridized carbons (Fsp3) is 0.684. The number of rotatable bonds is 9. The van der Waals surface area contributed by atoms with Crippen molar-refractivity contribution in [2.45, 2.75) is 132 Å². The second-order valence-electron chi connectivity index (χ2n) is 16.6. The van der Waals surface area contributed by atoms with E-state index in [1.54, 1.807) is 6.92 Å². The number of sulfonamides is 1. The van der Waals surface area contributed by atoms with E-state index in [0.29, 0.717) is 30.5 Å². The minimum atomic E-state index is -4.59. The zero-order valence-corrected chi connectivity index (χ0v) is 33.5. The molecule has 3 N–H and O–H groups in total. The first kappa shape index (κ1) is 42.6. The predicted molar refractivity (Wildman–Crippen MR) is 198 cm³/mol. The maximum absolute atomic E-state index is 14.5. The first-order valence-electron chi connectivity index (χ1n) is 19.9. The highest BCUT2D eigenvalue weighted by Crippen LogP contribution is 2.50. The van der Waals surface area contributed by atoms with Crippen LogP contribution in [0.3, 0.4) is 0 Å². The van der Waals surface area contributed by atoms with E-state index in [-0.39, 0.29) is 55.0 Å². The van der Waals surface area contributed by atoms with Gasteiger partial charge < -0.3 is 29.7 Å². The zero-order valence-electron chi connectivity index (χ0n) is 32.7. The van der Waals surface area contributed by atoms with Crippen molar-refractivity contribution >= 4 is 44.9 Å². The highest BCUT2D eigenvalue weighted by Gasteiger charge is 2.67. The number of alkyl halides is 5. The fourth-order valence-electron chi connectivity index (χ4n) is 8.09. The van der Waals surface area contributed by atoms with Gasteiger partial charge in [-0.2, -0.15) is 13.2 Å². The van der Waals surface area contributed by atoms with E-state index < -0.39 is 99.8 Å². The third kappa shape index (κ3) is 8.99. The average molecular weight is 859 g/mol. The largest absolute Gasteiger partial charge is 0.484 e. The Kier molecular flexibility index (Phi) is 11.4. The first-order valence-corrected chi connectivity index (χ1v) is 21.3. The lowest BCUT2D eigenvalue weighted by Gasteiger charge is -2.31. The van der Waals surface area contributed by atoms with Gasteiger partial charge in [-0.3, -0.25) is 19.1 Å². The van der Waals surface area contributed by atoms with Crippen LogP contribution in [0.1, 0.15) is 84.3 Å². The van der Waals surface area contributed by atoms with Crippen LogP contribution in [-0.4, -0.2) is 107 Å². The molecule has 324 valence electrons. The molecule has 3 aliphatic carbocycles. The molecule has 8 atom stereocenters. The van der Waals surface area contributed by atoms with Gasteiger partial charge in [0.15, 0.2) is 6.61 Å². The molecule has 3 saturated carbocycles. The minimum Gasteiger partial charge on any atom is -0.484 e. The smallest absolute Gasteiger partial charge is 0.422 e. The molecule has 1 aromatic heterocycles. The molecule has 2 bridgehead atoms. The van der Waals surface area contributed by atoms with Crippen molar-refractivity contribution in [2.75, 3.05) is 13.2 Å². The van der Waals surface area contributed by atoms with Crippen LogP contribution in [0.2, 0.25) is 0 Å². The Hall–Kier alpha value is -4.56. The van der Waals surface area contributed by atoms with Gasteiger partial charge >= 0.3 is 12.3 Å². The molecule has 7 rings (SSSR count). The molecule has 0 radical (unpaired) electrons. The summed E-state index contributed by atoms with van der Waals surface area (Å²) in [5, 5.41) is 4.92. The Bertz CT molecular complexity index is 2110. The summed E-state index contributed by atoms with van der Waals surface area (Å²) in [5.41, 5.74) is -1.40. The number of halogens is 5. The molecule has 1 unspecified atom stereocenters. The maximum Gasteiger partial charge on any atom is 0.422 e. The van der Waals surface area contributed by atoms with Gasteiger partial charge in [-0.25, -0.2) is 32.0 Å². The van der Waals surface area contributed by atoms with Gasteiger partial charge in [-0.05, 0) is 83.3 Å². The predicted octanol–water partition coefficient (Wildman–Crippen LogP) is 4.31. The monoisotopic (exact) mass is 858 g/mol. The Morgan fingerprint density at radius 1 is 1.08 bits per heavy atom. The lowest BCUT2D eigenvalue weighted by atomic mass is 9.93. The van der Waals surface area contributed by atoms with Crippen molar-refractivity contribution in [3.8, 4) is 11.6 Å². The number of ether oxygens (including phenoxy) is 3. The molecule has 0 spiro atoms. The number of hydrogen-bond donors (Lipinski definition) is 3. The number of benzene rings is 1. The van der Waals surface area contributed by atoms with Crippen LogP contribution in [0.5, 0.6) is 11.6 Å². The van der Waals surface area contributed by atoms with E-state index in [9.17, 15) is 49.5 Å². The summed E-state index contributed by atoms with van der Waals surface area (Å²) in [6, 6.07) is 1.36. The van der Waals surface area contributed by atoms with Gasteiger partial charge in [-0.1, -0.05) is 19.8 Å². The van der Waals surface area contributed by atoms with Crippen molar-refractivity contribution in [3.63, 3.8) is 0 Å². The van der Waals surface area contributed by atoms with Gasteiger partial charge in [0, 0.05) is 12.0 Å². The van der Waals surface area contributed by atoms with Gasteiger partial charge in [-0.15, -0.1) is 0 Å². The minimum absolute atomic E-state index is 0.00455. The number of carbonyl (C=O) groups excluding carboxylic acids is 4. The molecule has 4 amide bonds. The van der Waals surface area contributed by atoms with E-state index in [1.165, 1.54) is 32.0 Å². The van der Waals surface area contributed by atoms with Gasteiger partial charge in [0.25, 0.3) is 5.91 Å². The van der Waals surface area contributed by atoms with Crippen LogP contribution in [0.15, 0.2) is 18.2 Å². The normalized spacial score (nSPS) is 30.7. The molecule has 3 heterocycles. The van der Waals surface area contributed by atoms with E-state index in [0.717, 1.165) is 24.2 Å². The summed E-state index contributed by atoms with van der Waals surface area (Å²) < 4.78 is 111. The van der Waals surface area contributed by atoms with Crippen molar-refractivity contribution < 1.29 is 63.8 Å². The number of nitrogens with zero attached hydrogens (tertiary/aromatic N) is 3. The maximum atomic E-state index is 14.5. The topological polar surface area (TPSA) is 195 Å². The molecule has 1 aromatic carbocycles. The molecule has 5 aliphatic rings. The summed E-state index contributed by atoms with van der Waals surface area (Å²) in [5.74, 6) is -5.71. The van der Waals surface area contributed by atoms with Crippen LogP contribution in [0.4, 0.5) is 26.7 Å². The third-order valence-corrected chi connectivity index (χ3v) is 14.3. The van der Waals surface area contributed by atoms with Crippen LogP contribution in [0, 0.1) is 17.8 Å². The number of amides is 4. The first-order chi connectivity index (χ1) is 27.7. The molecule has 4 fully saturated rings. The number of aryl methyl sites for hydroxylation is 1. The average Bonchev–Trinajstić information content (AvgIpc) is 4.11. The Morgan fingerprint density at radius 2 is 1.83 bits per heavy atom. The van der Waals surface area contributed by atoms with Gasteiger partial charge in [0.2, 0.25) is 34.1 Å². The summed E-state index contributed by atoms with van der Waals surface area (Å²) in [7, 11) is -4.29. The third-order valence-electron chi connectivity index (χ3n) is 12.2. The standard InChI is InChI=1S/C38H47F5N6O9S/c1-4-22-28-17-49(29(22)31(50)47-37(16-23(37)30(39)40)34(52)48-59(54,55)36(3)12-13-36)33(51)19(2)44-35(53)58-27-14-20(27)8-6-5-7-9-25-32(57-28)46-26-15-21(10-11-24(26)45-25)56-18-38(41,42)43/h10-11,15,19-20,22-23,27-30H,4-9,12-14,16-18H2,1-3H3,(H,44,53)(H,47,50)(H,48,52)/t19-,20+,22+,23?,27+,28-,29-,37+/m0/s1. The van der Waals surface area contributed by atoms with Crippen LogP contribution in [-0.2, 0) is 35.6 Å². The molecule has 2 aliphatic heterocycles. The molecular formula is C38H47F5N6O9S. The number of aromatic nitrogens is 2. The lowest BCUT2D eigenvalue weighted by Crippen LogP contribution is -2.59. The van der Waals surface area contributed by atoms with Crippen LogP contribution >= 0.6 is 0 Å². The SMILES string of the molecule is CC[C@@H]1[C@@H]2CN(C(=O)[C@H](C)NC(=O)O[C@@H]3C[C@H]3CCCCCc3nc4ccc(OCC(F)(F)F)cc4nc3O2)[C@@H]1C(=O)N[C@]1(C(=O)NS(=O)(=O)C2(C)CC2)CC1C(F)F. The van der Waals surface area contributed by atoms with Crippen molar-refractivity contribution in [1.29, 1.82) is 0 Å². The molecule has 1 saturated heterocycles. The Morgan fingerprint density at radius 3 is 2.49 bits per heavy atom. The highest BCUT2D eigenvalue weighted by atomic mass is 32.2. The molecule has 2 aromatic rings. The molecular weight excluding hydrogens is 812 g/mol. The quantitative estimate of drug-likeness (QED) is 0.304. The second kappa shape index (κ2) is 15.8. The van der Waals surface area contributed by atoms with Crippen molar-refractivity contribution in [2.24, 2.45) is 17.8 Å².